The van der Waals surface area contributed by atoms with Gasteiger partial charge in [-0.2, -0.15) is 0 Å². The zero-order valence-corrected chi connectivity index (χ0v) is 35.2. The summed E-state index contributed by atoms with van der Waals surface area (Å²) in [5.74, 6) is 0. The van der Waals surface area contributed by atoms with Crippen molar-refractivity contribution in [2.24, 2.45) is 0 Å². The molecule has 0 aromatic heterocycles. The van der Waals surface area contributed by atoms with E-state index in [0.29, 0.717) is 0 Å². The summed E-state index contributed by atoms with van der Waals surface area (Å²) in [6.07, 6.45) is 0. The van der Waals surface area contributed by atoms with E-state index in [9.17, 15) is 0 Å². The molecule has 1 nitrogen and oxygen atoms in total. The van der Waals surface area contributed by atoms with Crippen LogP contribution in [0.2, 0.25) is 0 Å². The van der Waals surface area contributed by atoms with Crippen LogP contribution in [-0.2, 0) is 10.8 Å². The van der Waals surface area contributed by atoms with Gasteiger partial charge in [-0.15, -0.1) is 0 Å². The SMILES string of the molecule is CC1(C)c2ccccc2-c2c(-c3cccc(N(c4cccc(-c5ccccc5)c4-c4ccccc4-c4ccccc4)c4cccc5c4-c4ccccc4C5(C)C)c3)cccc21. The van der Waals surface area contributed by atoms with Crippen molar-refractivity contribution in [1.82, 2.24) is 0 Å². The van der Waals surface area contributed by atoms with Crippen molar-refractivity contribution in [2.75, 3.05) is 4.90 Å². The van der Waals surface area contributed by atoms with Gasteiger partial charge < -0.3 is 4.90 Å². The van der Waals surface area contributed by atoms with Gasteiger partial charge in [-0.3, -0.25) is 0 Å². The minimum Gasteiger partial charge on any atom is -0.309 e. The van der Waals surface area contributed by atoms with Crippen LogP contribution in [0.15, 0.2) is 212 Å². The molecule has 0 unspecified atom stereocenters. The number of nitrogens with zero attached hydrogens (tertiary/aromatic N) is 1. The largest absolute Gasteiger partial charge is 0.309 e. The Morgan fingerprint density at radius 1 is 0.279 bits per heavy atom. The van der Waals surface area contributed by atoms with E-state index in [1.54, 1.807) is 0 Å². The lowest BCUT2D eigenvalue weighted by atomic mass is 9.82. The van der Waals surface area contributed by atoms with E-state index in [4.69, 9.17) is 0 Å². The molecule has 1 heteroatoms. The van der Waals surface area contributed by atoms with E-state index in [0.717, 1.165) is 11.4 Å². The van der Waals surface area contributed by atoms with E-state index in [1.807, 2.05) is 0 Å². The molecule has 61 heavy (non-hydrogen) atoms. The van der Waals surface area contributed by atoms with Crippen molar-refractivity contribution in [3.8, 4) is 66.8 Å². The van der Waals surface area contributed by atoms with Gasteiger partial charge in [-0.05, 0) is 102 Å². The highest BCUT2D eigenvalue weighted by molar-refractivity contribution is 6.04. The molecule has 0 spiro atoms. The Labute approximate surface area is 360 Å². The van der Waals surface area contributed by atoms with Crippen molar-refractivity contribution in [1.29, 1.82) is 0 Å². The fraction of sp³-hybridized carbons (Fsp3) is 0.100. The maximum absolute atomic E-state index is 2.56. The molecule has 2 aliphatic rings. The van der Waals surface area contributed by atoms with Crippen molar-refractivity contribution in [3.63, 3.8) is 0 Å². The van der Waals surface area contributed by atoms with Crippen LogP contribution in [0.25, 0.3) is 66.8 Å². The first-order valence-corrected chi connectivity index (χ1v) is 21.5. The topological polar surface area (TPSA) is 3.24 Å². The first-order chi connectivity index (χ1) is 29.8. The summed E-state index contributed by atoms with van der Waals surface area (Å²) in [5.41, 5.74) is 23.5. The fourth-order valence-electron chi connectivity index (χ4n) is 10.6. The highest BCUT2D eigenvalue weighted by atomic mass is 15.1. The van der Waals surface area contributed by atoms with Gasteiger partial charge in [0.15, 0.2) is 0 Å². The molecule has 0 bridgehead atoms. The van der Waals surface area contributed by atoms with Crippen molar-refractivity contribution in [3.05, 3.63) is 235 Å². The second kappa shape index (κ2) is 14.2. The number of benzene rings is 9. The monoisotopic (exact) mass is 781 g/mol. The minimum atomic E-state index is -0.158. The lowest BCUT2D eigenvalue weighted by molar-refractivity contribution is 0.660. The van der Waals surface area contributed by atoms with E-state index < -0.39 is 0 Å². The molecule has 292 valence electrons. The predicted octanol–water partition coefficient (Wildman–Crippen LogP) is 16.4. The molecule has 0 heterocycles. The van der Waals surface area contributed by atoms with Gasteiger partial charge in [0.25, 0.3) is 0 Å². The zero-order valence-electron chi connectivity index (χ0n) is 35.2. The summed E-state index contributed by atoms with van der Waals surface area (Å²) in [6.45, 7) is 9.48. The van der Waals surface area contributed by atoms with Gasteiger partial charge in [0, 0.05) is 27.6 Å². The van der Waals surface area contributed by atoms with Crippen LogP contribution >= 0.6 is 0 Å². The number of hydrogen-bond donors (Lipinski definition) is 0. The normalized spacial score (nSPS) is 13.8. The fourth-order valence-corrected chi connectivity index (χ4v) is 10.6. The molecule has 2 aliphatic carbocycles. The summed E-state index contributed by atoms with van der Waals surface area (Å²) >= 11 is 0. The standard InChI is InChI=1S/C60H47N/c1-59(2)50-33-15-13-29-48(50)56-46(31-18-35-52(56)59)42-25-17-26-43(39-42)61(55-38-20-36-53-58(55)49-30-14-16-34-51(49)60(53,3)4)54-37-19-32-45(41-23-9-6-10-24-41)57(54)47-28-12-11-27-44(47)40-21-7-5-8-22-40/h5-39H,1-4H3. The summed E-state index contributed by atoms with van der Waals surface area (Å²) in [5, 5.41) is 0. The molecule has 0 atom stereocenters. The highest BCUT2D eigenvalue weighted by Gasteiger charge is 2.39. The van der Waals surface area contributed by atoms with Crippen LogP contribution in [0.1, 0.15) is 49.9 Å². The van der Waals surface area contributed by atoms with E-state index in [2.05, 4.69) is 245 Å². The third-order valence-electron chi connectivity index (χ3n) is 13.5. The Balaban J connectivity index is 1.23. The maximum atomic E-state index is 2.56. The number of rotatable bonds is 7. The minimum absolute atomic E-state index is 0.0880. The lowest BCUT2D eigenvalue weighted by Crippen LogP contribution is -2.16. The molecule has 0 radical (unpaired) electrons. The Bertz CT molecular complexity index is 3130. The summed E-state index contributed by atoms with van der Waals surface area (Å²) in [7, 11) is 0. The second-order valence-electron chi connectivity index (χ2n) is 17.6. The van der Waals surface area contributed by atoms with Crippen LogP contribution in [-0.4, -0.2) is 0 Å². The molecule has 0 saturated heterocycles. The third-order valence-corrected chi connectivity index (χ3v) is 13.5. The second-order valence-corrected chi connectivity index (χ2v) is 17.6. The van der Waals surface area contributed by atoms with Crippen LogP contribution in [0.3, 0.4) is 0 Å². The Morgan fingerprint density at radius 3 is 1.31 bits per heavy atom. The van der Waals surface area contributed by atoms with Crippen molar-refractivity contribution >= 4 is 17.1 Å². The Kier molecular flexibility index (Phi) is 8.58. The molecule has 0 aliphatic heterocycles. The molecule has 0 N–H and O–H groups in total. The summed E-state index contributed by atoms with van der Waals surface area (Å²) in [6, 6.07) is 78.6. The molecule has 9 aromatic carbocycles. The molecule has 0 amide bonds. The molecule has 0 fully saturated rings. The first kappa shape index (κ1) is 36.8. The van der Waals surface area contributed by atoms with Gasteiger partial charge in [0.1, 0.15) is 0 Å². The van der Waals surface area contributed by atoms with Crippen LogP contribution in [0.4, 0.5) is 17.1 Å². The van der Waals surface area contributed by atoms with Crippen molar-refractivity contribution < 1.29 is 0 Å². The van der Waals surface area contributed by atoms with E-state index in [1.165, 1.54) is 94.7 Å². The van der Waals surface area contributed by atoms with Gasteiger partial charge in [0.05, 0.1) is 11.4 Å². The highest BCUT2D eigenvalue weighted by Crippen LogP contribution is 2.57. The van der Waals surface area contributed by atoms with Crippen LogP contribution in [0, 0.1) is 0 Å². The summed E-state index contributed by atoms with van der Waals surface area (Å²) in [4.78, 5) is 2.56. The zero-order chi connectivity index (χ0) is 41.3. The van der Waals surface area contributed by atoms with Gasteiger partial charge in [0.2, 0.25) is 0 Å². The molecular formula is C60H47N. The molecule has 9 aromatic rings. The van der Waals surface area contributed by atoms with Crippen LogP contribution in [0.5, 0.6) is 0 Å². The average molecular weight is 782 g/mol. The van der Waals surface area contributed by atoms with Gasteiger partial charge in [-0.1, -0.05) is 216 Å². The summed E-state index contributed by atoms with van der Waals surface area (Å²) < 4.78 is 0. The van der Waals surface area contributed by atoms with Gasteiger partial charge >= 0.3 is 0 Å². The average Bonchev–Trinajstić information content (AvgIpc) is 3.70. The predicted molar refractivity (Wildman–Crippen MR) is 258 cm³/mol. The lowest BCUT2D eigenvalue weighted by Gasteiger charge is -2.32. The maximum Gasteiger partial charge on any atom is 0.0546 e. The van der Waals surface area contributed by atoms with E-state index >= 15 is 0 Å². The first-order valence-electron chi connectivity index (χ1n) is 21.5. The van der Waals surface area contributed by atoms with E-state index in [-0.39, 0.29) is 10.8 Å². The quantitative estimate of drug-likeness (QED) is 0.156. The van der Waals surface area contributed by atoms with Crippen molar-refractivity contribution in [2.45, 2.75) is 38.5 Å². The number of anilines is 3. The van der Waals surface area contributed by atoms with Crippen LogP contribution < -0.4 is 4.90 Å². The molecule has 11 rings (SSSR count). The Morgan fingerprint density at radius 2 is 0.672 bits per heavy atom. The number of hydrogen-bond acceptors (Lipinski definition) is 1. The number of fused-ring (bicyclic) bond motifs is 6. The van der Waals surface area contributed by atoms with Gasteiger partial charge in [-0.25, -0.2) is 0 Å². The molecule has 0 saturated carbocycles. The molecular weight excluding hydrogens is 735 g/mol. The Hall–Kier alpha value is -7.22. The third kappa shape index (κ3) is 5.76. The smallest absolute Gasteiger partial charge is 0.0546 e.